The molecule has 29 heavy (non-hydrogen) atoms. The third-order valence-corrected chi connectivity index (χ3v) is 6.69. The van der Waals surface area contributed by atoms with Crippen molar-refractivity contribution < 1.29 is 13.2 Å². The van der Waals surface area contributed by atoms with Crippen LogP contribution in [0.4, 0.5) is 0 Å². The molecule has 0 amide bonds. The second-order valence-electron chi connectivity index (χ2n) is 7.27. The SMILES string of the molecule is Cc1cnc2c(S(=O)(=O)NC[C@@H](c3ccccc3)N3CCOCC3)cccc2c1. The largest absolute Gasteiger partial charge is 0.379 e. The Bertz CT molecular complexity index is 1080. The van der Waals surface area contributed by atoms with Crippen molar-refractivity contribution in [1.82, 2.24) is 14.6 Å². The normalized spacial score (nSPS) is 16.7. The van der Waals surface area contributed by atoms with Gasteiger partial charge in [0.05, 0.1) is 18.7 Å². The Labute approximate surface area is 171 Å². The molecular weight excluding hydrogens is 386 g/mol. The van der Waals surface area contributed by atoms with Crippen LogP contribution < -0.4 is 4.72 Å². The lowest BCUT2D eigenvalue weighted by Gasteiger charge is -2.34. The summed E-state index contributed by atoms with van der Waals surface area (Å²) in [6.07, 6.45) is 1.70. The van der Waals surface area contributed by atoms with Crippen LogP contribution in [0.2, 0.25) is 0 Å². The zero-order valence-electron chi connectivity index (χ0n) is 16.4. The van der Waals surface area contributed by atoms with Crippen molar-refractivity contribution in [2.45, 2.75) is 17.9 Å². The van der Waals surface area contributed by atoms with Crippen LogP contribution in [0.3, 0.4) is 0 Å². The van der Waals surface area contributed by atoms with Gasteiger partial charge in [0.2, 0.25) is 10.0 Å². The van der Waals surface area contributed by atoms with Gasteiger partial charge in [0.25, 0.3) is 0 Å². The molecular formula is C22H25N3O3S. The van der Waals surface area contributed by atoms with Crippen molar-refractivity contribution >= 4 is 20.9 Å². The fourth-order valence-electron chi connectivity index (χ4n) is 3.75. The van der Waals surface area contributed by atoms with Crippen LogP contribution in [-0.4, -0.2) is 51.1 Å². The van der Waals surface area contributed by atoms with Crippen LogP contribution >= 0.6 is 0 Å². The smallest absolute Gasteiger partial charge is 0.242 e. The monoisotopic (exact) mass is 411 g/mol. The van der Waals surface area contributed by atoms with E-state index in [1.807, 2.05) is 49.4 Å². The van der Waals surface area contributed by atoms with E-state index in [4.69, 9.17) is 4.74 Å². The van der Waals surface area contributed by atoms with Gasteiger partial charge in [-0.2, -0.15) is 0 Å². The highest BCUT2D eigenvalue weighted by atomic mass is 32.2. The van der Waals surface area contributed by atoms with Crippen molar-refractivity contribution in [2.24, 2.45) is 0 Å². The number of rotatable bonds is 6. The summed E-state index contributed by atoms with van der Waals surface area (Å²) in [5, 5.41) is 0.820. The highest BCUT2D eigenvalue weighted by Crippen LogP contribution is 2.24. The van der Waals surface area contributed by atoms with Crippen LogP contribution in [0, 0.1) is 6.92 Å². The van der Waals surface area contributed by atoms with E-state index < -0.39 is 10.0 Å². The van der Waals surface area contributed by atoms with E-state index >= 15 is 0 Å². The fraction of sp³-hybridized carbons (Fsp3) is 0.318. The van der Waals surface area contributed by atoms with Crippen molar-refractivity contribution in [2.75, 3.05) is 32.8 Å². The molecule has 7 heteroatoms. The highest BCUT2D eigenvalue weighted by Gasteiger charge is 2.26. The predicted octanol–water partition coefficient (Wildman–Crippen LogP) is 2.90. The van der Waals surface area contributed by atoms with E-state index in [0.29, 0.717) is 18.7 Å². The molecule has 0 saturated carbocycles. The van der Waals surface area contributed by atoms with E-state index in [1.165, 1.54) is 0 Å². The molecule has 0 spiro atoms. The number of ether oxygens (including phenoxy) is 1. The third kappa shape index (κ3) is 4.48. The van der Waals surface area contributed by atoms with Gasteiger partial charge in [-0.1, -0.05) is 42.5 Å². The number of para-hydroxylation sites is 1. The number of aryl methyl sites for hydroxylation is 1. The summed E-state index contributed by atoms with van der Waals surface area (Å²) < 4.78 is 34.6. The topological polar surface area (TPSA) is 71.5 Å². The number of hydrogen-bond acceptors (Lipinski definition) is 5. The Kier molecular flexibility index (Phi) is 5.91. The molecule has 0 radical (unpaired) electrons. The van der Waals surface area contributed by atoms with Crippen molar-refractivity contribution in [3.63, 3.8) is 0 Å². The van der Waals surface area contributed by atoms with E-state index in [-0.39, 0.29) is 17.5 Å². The number of nitrogens with zero attached hydrogens (tertiary/aromatic N) is 2. The maximum absolute atomic E-state index is 13.2. The average molecular weight is 412 g/mol. The van der Waals surface area contributed by atoms with Crippen LogP contribution in [0.15, 0.2) is 65.7 Å². The Morgan fingerprint density at radius 2 is 1.86 bits per heavy atom. The summed E-state index contributed by atoms with van der Waals surface area (Å²) >= 11 is 0. The number of nitrogens with one attached hydrogen (secondary N) is 1. The quantitative estimate of drug-likeness (QED) is 0.675. The molecule has 0 bridgehead atoms. The lowest BCUT2D eigenvalue weighted by Crippen LogP contribution is -2.43. The molecule has 4 rings (SSSR count). The summed E-state index contributed by atoms with van der Waals surface area (Å²) in [6, 6.07) is 17.1. The minimum Gasteiger partial charge on any atom is -0.379 e. The van der Waals surface area contributed by atoms with Gasteiger partial charge in [0, 0.05) is 37.3 Å². The Balaban J connectivity index is 1.61. The summed E-state index contributed by atoms with van der Waals surface area (Å²) in [5.41, 5.74) is 2.58. The summed E-state index contributed by atoms with van der Waals surface area (Å²) in [4.78, 5) is 6.86. The molecule has 2 heterocycles. The first-order valence-corrected chi connectivity index (χ1v) is 11.2. The maximum atomic E-state index is 13.2. The van der Waals surface area contributed by atoms with Gasteiger partial charge < -0.3 is 4.74 Å². The average Bonchev–Trinajstić information content (AvgIpc) is 2.74. The number of morpholine rings is 1. The number of sulfonamides is 1. The van der Waals surface area contributed by atoms with Gasteiger partial charge >= 0.3 is 0 Å². The van der Waals surface area contributed by atoms with Gasteiger partial charge in [0.1, 0.15) is 4.90 Å². The first-order valence-electron chi connectivity index (χ1n) is 9.76. The molecule has 3 aromatic rings. The van der Waals surface area contributed by atoms with Crippen LogP contribution in [-0.2, 0) is 14.8 Å². The van der Waals surface area contributed by atoms with Gasteiger partial charge in [-0.15, -0.1) is 0 Å². The Hall–Kier alpha value is -2.32. The molecule has 1 aromatic heterocycles. The number of hydrogen-bond donors (Lipinski definition) is 1. The summed E-state index contributed by atoms with van der Waals surface area (Å²) in [6.45, 7) is 5.09. The number of aromatic nitrogens is 1. The summed E-state index contributed by atoms with van der Waals surface area (Å²) in [5.74, 6) is 0. The lowest BCUT2D eigenvalue weighted by molar-refractivity contribution is 0.0172. The minimum atomic E-state index is -3.71. The second kappa shape index (κ2) is 8.59. The van der Waals surface area contributed by atoms with Crippen LogP contribution in [0.5, 0.6) is 0 Å². The molecule has 1 N–H and O–H groups in total. The van der Waals surface area contributed by atoms with Crippen LogP contribution in [0.25, 0.3) is 10.9 Å². The van der Waals surface area contributed by atoms with Crippen molar-refractivity contribution in [1.29, 1.82) is 0 Å². The molecule has 1 saturated heterocycles. The lowest BCUT2D eigenvalue weighted by atomic mass is 10.1. The van der Waals surface area contributed by atoms with Crippen molar-refractivity contribution in [3.8, 4) is 0 Å². The maximum Gasteiger partial charge on any atom is 0.242 e. The van der Waals surface area contributed by atoms with Crippen LogP contribution in [0.1, 0.15) is 17.2 Å². The molecule has 1 aliphatic heterocycles. The van der Waals surface area contributed by atoms with Gasteiger partial charge in [0.15, 0.2) is 0 Å². The van der Waals surface area contributed by atoms with E-state index in [1.54, 1.807) is 18.3 Å². The first kappa shape index (κ1) is 20.0. The number of benzene rings is 2. The predicted molar refractivity (Wildman–Crippen MR) is 113 cm³/mol. The third-order valence-electron chi connectivity index (χ3n) is 5.24. The van der Waals surface area contributed by atoms with E-state index in [0.717, 1.165) is 29.6 Å². The zero-order chi connectivity index (χ0) is 20.3. The van der Waals surface area contributed by atoms with Gasteiger partial charge in [-0.3, -0.25) is 9.88 Å². The molecule has 1 fully saturated rings. The number of pyridine rings is 1. The molecule has 0 unspecified atom stereocenters. The van der Waals surface area contributed by atoms with Gasteiger partial charge in [-0.05, 0) is 30.2 Å². The zero-order valence-corrected chi connectivity index (χ0v) is 17.2. The van der Waals surface area contributed by atoms with E-state index in [2.05, 4.69) is 14.6 Å². The number of fused-ring (bicyclic) bond motifs is 1. The Morgan fingerprint density at radius 1 is 1.10 bits per heavy atom. The molecule has 2 aromatic carbocycles. The highest BCUT2D eigenvalue weighted by molar-refractivity contribution is 7.89. The van der Waals surface area contributed by atoms with Gasteiger partial charge in [-0.25, -0.2) is 13.1 Å². The molecule has 152 valence electrons. The standard InChI is InChI=1S/C22H25N3O3S/c1-17-14-19-8-5-9-21(22(19)23-15-17)29(26,27)24-16-20(18-6-3-2-4-7-18)25-10-12-28-13-11-25/h2-9,14-15,20,24H,10-13,16H2,1H3/t20-/m0/s1. The molecule has 6 nitrogen and oxygen atoms in total. The molecule has 1 aliphatic rings. The first-order chi connectivity index (χ1) is 14.0. The van der Waals surface area contributed by atoms with Crippen molar-refractivity contribution in [3.05, 3.63) is 71.9 Å². The molecule has 0 aliphatic carbocycles. The Morgan fingerprint density at radius 3 is 2.62 bits per heavy atom. The molecule has 1 atom stereocenters. The fourth-order valence-corrected chi connectivity index (χ4v) is 4.96. The minimum absolute atomic E-state index is 0.0555. The van der Waals surface area contributed by atoms with E-state index in [9.17, 15) is 8.42 Å². The second-order valence-corrected chi connectivity index (χ2v) is 9.00. The summed E-state index contributed by atoms with van der Waals surface area (Å²) in [7, 11) is -3.71.